The highest BCUT2D eigenvalue weighted by atomic mass is 32.2. The Kier molecular flexibility index (Phi) is 4.98. The van der Waals surface area contributed by atoms with Gasteiger partial charge in [0, 0.05) is 17.5 Å². The molecule has 0 aliphatic heterocycles. The molecule has 1 N–H and O–H groups in total. The van der Waals surface area contributed by atoms with E-state index in [2.05, 4.69) is 15.3 Å². The van der Waals surface area contributed by atoms with Crippen LogP contribution in [0.5, 0.6) is 0 Å². The lowest BCUT2D eigenvalue weighted by atomic mass is 10.1. The van der Waals surface area contributed by atoms with E-state index in [9.17, 15) is 17.2 Å². The first kappa shape index (κ1) is 20.0. The summed E-state index contributed by atoms with van der Waals surface area (Å²) < 4.78 is 57.0. The fraction of sp³-hybridized carbons (Fsp3) is 0.143. The van der Waals surface area contributed by atoms with E-state index in [1.54, 1.807) is 18.2 Å². The number of rotatable bonds is 5. The molecule has 2 aromatic heterocycles. The Hall–Kier alpha value is -3.33. The van der Waals surface area contributed by atoms with Crippen LogP contribution in [0.4, 0.5) is 20.4 Å². The highest BCUT2D eigenvalue weighted by Crippen LogP contribution is 2.32. The Morgan fingerprint density at radius 3 is 2.67 bits per heavy atom. The molecule has 0 amide bonds. The summed E-state index contributed by atoms with van der Waals surface area (Å²) in [5.74, 6) is -1.17. The van der Waals surface area contributed by atoms with Crippen molar-refractivity contribution in [1.82, 2.24) is 9.97 Å². The van der Waals surface area contributed by atoms with Crippen LogP contribution < -0.4 is 5.32 Å². The minimum atomic E-state index is -3.20. The fourth-order valence-corrected chi connectivity index (χ4v) is 4.05. The van der Waals surface area contributed by atoms with Crippen molar-refractivity contribution in [3.8, 4) is 11.3 Å². The predicted molar refractivity (Wildman–Crippen MR) is 110 cm³/mol. The number of hydrogen-bond donors (Lipinski definition) is 1. The van der Waals surface area contributed by atoms with Crippen molar-refractivity contribution in [1.29, 1.82) is 0 Å². The molecular weight excluding hydrogens is 412 g/mol. The van der Waals surface area contributed by atoms with E-state index in [1.807, 2.05) is 6.92 Å². The second-order valence-electron chi connectivity index (χ2n) is 7.05. The summed E-state index contributed by atoms with van der Waals surface area (Å²) >= 11 is 0. The summed E-state index contributed by atoms with van der Waals surface area (Å²) in [5, 5.41) is 3.20. The molecule has 0 fully saturated rings. The zero-order chi connectivity index (χ0) is 21.5. The minimum absolute atomic E-state index is 0.0449. The predicted octanol–water partition coefficient (Wildman–Crippen LogP) is 4.76. The van der Waals surface area contributed by atoms with Crippen LogP contribution in [0.3, 0.4) is 0 Å². The number of fused-ring (bicyclic) bond motifs is 1. The number of benzene rings is 2. The zero-order valence-electron chi connectivity index (χ0n) is 16.1. The molecule has 6 nitrogen and oxygen atoms in total. The summed E-state index contributed by atoms with van der Waals surface area (Å²) in [5.41, 5.74) is 2.45. The van der Waals surface area contributed by atoms with E-state index in [1.165, 1.54) is 24.5 Å². The van der Waals surface area contributed by atoms with Crippen LogP contribution in [0.15, 0.2) is 53.3 Å². The summed E-state index contributed by atoms with van der Waals surface area (Å²) in [6.45, 7) is 1.83. The van der Waals surface area contributed by atoms with Crippen LogP contribution >= 0.6 is 0 Å². The quantitative estimate of drug-likeness (QED) is 0.492. The van der Waals surface area contributed by atoms with Crippen molar-refractivity contribution in [2.75, 3.05) is 11.6 Å². The smallest absolute Gasteiger partial charge is 0.227 e. The monoisotopic (exact) mass is 429 g/mol. The number of sulfone groups is 1. The third kappa shape index (κ3) is 4.16. The number of aryl methyl sites for hydroxylation is 1. The molecular formula is C21H17F2N3O3S. The van der Waals surface area contributed by atoms with Gasteiger partial charge < -0.3 is 9.73 Å². The van der Waals surface area contributed by atoms with Gasteiger partial charge in [0.15, 0.2) is 15.7 Å². The third-order valence-electron chi connectivity index (χ3n) is 4.38. The number of aromatic nitrogens is 2. The van der Waals surface area contributed by atoms with E-state index >= 15 is 0 Å². The van der Waals surface area contributed by atoms with E-state index < -0.39 is 21.5 Å². The molecule has 0 saturated carbocycles. The van der Waals surface area contributed by atoms with Crippen molar-refractivity contribution < 1.29 is 21.6 Å². The molecule has 4 aromatic rings. The fourth-order valence-electron chi connectivity index (χ4n) is 3.28. The van der Waals surface area contributed by atoms with E-state index in [0.717, 1.165) is 18.0 Å². The van der Waals surface area contributed by atoms with Crippen LogP contribution in [-0.2, 0) is 15.6 Å². The number of halogens is 2. The highest BCUT2D eigenvalue weighted by molar-refractivity contribution is 7.89. The molecule has 30 heavy (non-hydrogen) atoms. The molecule has 0 aliphatic carbocycles. The van der Waals surface area contributed by atoms with Crippen molar-refractivity contribution in [3.63, 3.8) is 0 Å². The van der Waals surface area contributed by atoms with Gasteiger partial charge in [-0.15, -0.1) is 0 Å². The number of hydrogen-bond acceptors (Lipinski definition) is 6. The van der Waals surface area contributed by atoms with E-state index in [4.69, 9.17) is 4.42 Å². The minimum Gasteiger partial charge on any atom is -0.464 e. The first-order chi connectivity index (χ1) is 14.2. The van der Waals surface area contributed by atoms with Crippen LogP contribution in [0.25, 0.3) is 22.2 Å². The average molecular weight is 429 g/mol. The van der Waals surface area contributed by atoms with Crippen LogP contribution in [0, 0.1) is 18.6 Å². The molecule has 0 spiro atoms. The van der Waals surface area contributed by atoms with Gasteiger partial charge in [-0.3, -0.25) is 0 Å². The first-order valence-electron chi connectivity index (χ1n) is 8.93. The second-order valence-corrected chi connectivity index (χ2v) is 9.19. The van der Waals surface area contributed by atoms with Crippen LogP contribution in [-0.4, -0.2) is 24.6 Å². The average Bonchev–Trinajstić information content (AvgIpc) is 3.13. The van der Waals surface area contributed by atoms with Gasteiger partial charge in [-0.05, 0) is 48.4 Å². The van der Waals surface area contributed by atoms with Gasteiger partial charge >= 0.3 is 0 Å². The van der Waals surface area contributed by atoms with Gasteiger partial charge in [0.05, 0.1) is 23.6 Å². The molecule has 9 heteroatoms. The van der Waals surface area contributed by atoms with E-state index in [-0.39, 0.29) is 28.4 Å². The normalized spacial score (nSPS) is 11.7. The molecule has 0 saturated heterocycles. The van der Waals surface area contributed by atoms with Gasteiger partial charge in [-0.2, -0.15) is 0 Å². The summed E-state index contributed by atoms with van der Waals surface area (Å²) in [4.78, 5) is 8.19. The molecule has 2 aromatic carbocycles. The molecule has 4 rings (SSSR count). The van der Waals surface area contributed by atoms with Crippen molar-refractivity contribution >= 4 is 32.4 Å². The Morgan fingerprint density at radius 1 is 1.10 bits per heavy atom. The Bertz CT molecular complexity index is 1370. The molecule has 154 valence electrons. The maximum absolute atomic E-state index is 14.5. The number of nitrogens with one attached hydrogen (secondary N) is 1. The first-order valence-corrected chi connectivity index (χ1v) is 11.0. The molecule has 0 bridgehead atoms. The zero-order valence-corrected chi connectivity index (χ0v) is 16.9. The lowest BCUT2D eigenvalue weighted by molar-refractivity contribution is 0.601. The molecule has 0 aliphatic rings. The van der Waals surface area contributed by atoms with Gasteiger partial charge in [0.2, 0.25) is 5.95 Å². The van der Waals surface area contributed by atoms with Crippen molar-refractivity contribution in [2.45, 2.75) is 12.7 Å². The molecule has 0 radical (unpaired) electrons. The number of anilines is 2. The van der Waals surface area contributed by atoms with Gasteiger partial charge in [0.1, 0.15) is 17.1 Å². The standard InChI is InChI=1S/C21H17F2N3O3S/c1-12-7-13(11-30(2,27)28)9-14(8-12)25-21-24-10-18(23)19(26-21)16-3-4-17(22)15-5-6-29-20(15)16/h3-10H,11H2,1-2H3,(H,24,25,26). The Labute approximate surface area is 171 Å². The van der Waals surface area contributed by atoms with Crippen LogP contribution in [0.2, 0.25) is 0 Å². The lowest BCUT2D eigenvalue weighted by Crippen LogP contribution is -2.04. The van der Waals surface area contributed by atoms with E-state index in [0.29, 0.717) is 16.8 Å². The van der Waals surface area contributed by atoms with Gasteiger partial charge in [0.25, 0.3) is 0 Å². The lowest BCUT2D eigenvalue weighted by Gasteiger charge is -2.10. The topological polar surface area (TPSA) is 85.1 Å². The number of nitrogens with zero attached hydrogens (tertiary/aromatic N) is 2. The largest absolute Gasteiger partial charge is 0.464 e. The summed E-state index contributed by atoms with van der Waals surface area (Å²) in [6, 6.07) is 9.31. The number of furan rings is 1. The van der Waals surface area contributed by atoms with Crippen molar-refractivity contribution in [3.05, 3.63) is 71.6 Å². The Morgan fingerprint density at radius 2 is 1.90 bits per heavy atom. The third-order valence-corrected chi connectivity index (χ3v) is 5.24. The van der Waals surface area contributed by atoms with Crippen LogP contribution in [0.1, 0.15) is 11.1 Å². The molecule has 2 heterocycles. The maximum Gasteiger partial charge on any atom is 0.227 e. The molecule has 0 unspecified atom stereocenters. The summed E-state index contributed by atoms with van der Waals surface area (Å²) in [7, 11) is -3.20. The Balaban J connectivity index is 1.73. The SMILES string of the molecule is Cc1cc(CS(C)(=O)=O)cc(Nc2ncc(F)c(-c3ccc(F)c4ccoc34)n2)c1. The second kappa shape index (κ2) is 7.49. The van der Waals surface area contributed by atoms with Crippen molar-refractivity contribution in [2.24, 2.45) is 0 Å². The molecule has 0 atom stereocenters. The van der Waals surface area contributed by atoms with Gasteiger partial charge in [-0.1, -0.05) is 6.07 Å². The van der Waals surface area contributed by atoms with Gasteiger partial charge in [-0.25, -0.2) is 27.2 Å². The highest BCUT2D eigenvalue weighted by Gasteiger charge is 2.17. The maximum atomic E-state index is 14.5. The summed E-state index contributed by atoms with van der Waals surface area (Å²) in [6.07, 6.45) is 3.50.